The molecule has 8 heteroatoms. The van der Waals surface area contributed by atoms with Crippen molar-refractivity contribution in [2.24, 2.45) is 5.10 Å². The summed E-state index contributed by atoms with van der Waals surface area (Å²) in [5.74, 6) is 0.164. The van der Waals surface area contributed by atoms with Crippen molar-refractivity contribution in [3.8, 4) is 5.75 Å². The summed E-state index contributed by atoms with van der Waals surface area (Å²) < 4.78 is 5.36. The molecule has 0 atom stereocenters. The van der Waals surface area contributed by atoms with Gasteiger partial charge in [0.15, 0.2) is 6.61 Å². The first-order chi connectivity index (χ1) is 14.0. The monoisotopic (exact) mass is 398 g/mol. The number of nitro groups is 1. The van der Waals surface area contributed by atoms with Crippen LogP contribution in [0, 0.1) is 10.1 Å². The molecule has 0 aromatic heterocycles. The van der Waals surface area contributed by atoms with Gasteiger partial charge < -0.3 is 9.64 Å². The van der Waals surface area contributed by atoms with Crippen LogP contribution in [0.2, 0.25) is 0 Å². The first-order valence-electron chi connectivity index (χ1n) is 9.58. The van der Waals surface area contributed by atoms with Gasteiger partial charge in [-0.1, -0.05) is 31.5 Å². The molecule has 0 radical (unpaired) electrons. The number of carbonyl (C=O) groups excluding carboxylic acids is 1. The predicted octanol–water partition coefficient (Wildman–Crippen LogP) is 3.75. The van der Waals surface area contributed by atoms with Crippen LogP contribution in [0.15, 0.2) is 53.6 Å². The van der Waals surface area contributed by atoms with Crippen LogP contribution in [0.5, 0.6) is 5.75 Å². The Morgan fingerprint density at radius 2 is 2.00 bits per heavy atom. The van der Waals surface area contributed by atoms with E-state index in [2.05, 4.69) is 22.4 Å². The number of hydrazone groups is 1. The number of nitrogens with one attached hydrogen (secondary N) is 1. The summed E-state index contributed by atoms with van der Waals surface area (Å²) in [5, 5.41) is 15.1. The van der Waals surface area contributed by atoms with E-state index in [4.69, 9.17) is 4.74 Å². The maximum absolute atomic E-state index is 11.9. The molecule has 0 saturated heterocycles. The molecule has 0 aliphatic heterocycles. The molecule has 29 heavy (non-hydrogen) atoms. The first-order valence-corrected chi connectivity index (χ1v) is 9.58. The second-order valence-electron chi connectivity index (χ2n) is 6.33. The average molecular weight is 398 g/mol. The van der Waals surface area contributed by atoms with E-state index in [1.54, 1.807) is 18.2 Å². The number of amides is 1. The fourth-order valence-electron chi connectivity index (χ4n) is 2.72. The summed E-state index contributed by atoms with van der Waals surface area (Å²) in [6, 6.07) is 13.6. The van der Waals surface area contributed by atoms with Gasteiger partial charge in [0.1, 0.15) is 5.75 Å². The summed E-state index contributed by atoms with van der Waals surface area (Å²) in [6.45, 7) is 5.55. The summed E-state index contributed by atoms with van der Waals surface area (Å²) in [5.41, 5.74) is 3.78. The lowest BCUT2D eigenvalue weighted by Crippen LogP contribution is -2.26. The van der Waals surface area contributed by atoms with E-state index in [0.29, 0.717) is 11.3 Å². The Bertz CT molecular complexity index is 840. The number of hydrogen-bond acceptors (Lipinski definition) is 6. The van der Waals surface area contributed by atoms with Crippen LogP contribution in [-0.2, 0) is 4.79 Å². The number of rotatable bonds is 11. The second-order valence-corrected chi connectivity index (χ2v) is 6.33. The largest absolute Gasteiger partial charge is 0.484 e. The van der Waals surface area contributed by atoms with Gasteiger partial charge in [-0.15, -0.1) is 0 Å². The van der Waals surface area contributed by atoms with Gasteiger partial charge in [0.2, 0.25) is 0 Å². The second kappa shape index (κ2) is 11.4. The number of nitro benzene ring substituents is 1. The minimum Gasteiger partial charge on any atom is -0.484 e. The van der Waals surface area contributed by atoms with Crippen LogP contribution < -0.4 is 15.1 Å². The number of benzene rings is 2. The molecule has 0 saturated carbocycles. The van der Waals surface area contributed by atoms with Crippen molar-refractivity contribution in [2.75, 3.05) is 24.6 Å². The Kier molecular flexibility index (Phi) is 8.62. The molecule has 0 fully saturated rings. The van der Waals surface area contributed by atoms with Crippen molar-refractivity contribution in [3.63, 3.8) is 0 Å². The number of ether oxygens (including phenoxy) is 1. The Balaban J connectivity index is 2.08. The number of hydrogen-bond donors (Lipinski definition) is 1. The molecule has 0 aliphatic rings. The first kappa shape index (κ1) is 21.9. The number of para-hydroxylation sites is 1. The van der Waals surface area contributed by atoms with E-state index < -0.39 is 10.8 Å². The molecule has 8 nitrogen and oxygen atoms in total. The maximum Gasteiger partial charge on any atom is 0.277 e. The van der Waals surface area contributed by atoms with Crippen LogP contribution in [0.1, 0.15) is 32.3 Å². The van der Waals surface area contributed by atoms with E-state index in [0.717, 1.165) is 31.6 Å². The molecule has 1 N–H and O–H groups in total. The summed E-state index contributed by atoms with van der Waals surface area (Å²) >= 11 is 0. The molecule has 2 aromatic rings. The van der Waals surface area contributed by atoms with Crippen molar-refractivity contribution in [2.45, 2.75) is 26.7 Å². The highest BCUT2D eigenvalue weighted by molar-refractivity contribution is 5.90. The van der Waals surface area contributed by atoms with E-state index in [9.17, 15) is 14.9 Å². The lowest BCUT2D eigenvalue weighted by Gasteiger charge is -2.24. The number of carbonyl (C=O) groups is 1. The van der Waals surface area contributed by atoms with E-state index in [1.807, 2.05) is 25.1 Å². The van der Waals surface area contributed by atoms with Crippen molar-refractivity contribution < 1.29 is 14.5 Å². The fraction of sp³-hybridized carbons (Fsp3) is 0.333. The van der Waals surface area contributed by atoms with Gasteiger partial charge >= 0.3 is 0 Å². The lowest BCUT2D eigenvalue weighted by atomic mass is 10.1. The van der Waals surface area contributed by atoms with Gasteiger partial charge in [0.05, 0.1) is 11.1 Å². The lowest BCUT2D eigenvalue weighted by molar-refractivity contribution is -0.384. The standard InChI is InChI=1S/C21H26N4O4/c1-3-5-13-24(4-2)20-12-11-18(25(27)28)14-17(20)15-22-23-21(26)16-29-19-9-7-6-8-10-19/h6-12,14-15H,3-5,13,16H2,1-2H3,(H,23,26). The molecule has 154 valence electrons. The third-order valence-electron chi connectivity index (χ3n) is 4.23. The number of anilines is 1. The zero-order valence-corrected chi connectivity index (χ0v) is 16.7. The highest BCUT2D eigenvalue weighted by Crippen LogP contribution is 2.24. The molecule has 2 rings (SSSR count). The van der Waals surface area contributed by atoms with Gasteiger partial charge in [0, 0.05) is 36.5 Å². The van der Waals surface area contributed by atoms with E-state index in [1.165, 1.54) is 18.3 Å². The van der Waals surface area contributed by atoms with Gasteiger partial charge in [-0.25, -0.2) is 5.43 Å². The molecule has 2 aromatic carbocycles. The SMILES string of the molecule is CCCCN(CC)c1ccc([N+](=O)[O-])cc1C=NNC(=O)COc1ccccc1. The number of nitrogens with zero attached hydrogens (tertiary/aromatic N) is 3. The molecule has 1 amide bonds. The molecule has 0 unspecified atom stereocenters. The van der Waals surface area contributed by atoms with Crippen LogP contribution in [0.3, 0.4) is 0 Å². The zero-order chi connectivity index (χ0) is 21.1. The third-order valence-corrected chi connectivity index (χ3v) is 4.23. The summed E-state index contributed by atoms with van der Waals surface area (Å²) in [4.78, 5) is 24.8. The van der Waals surface area contributed by atoms with E-state index in [-0.39, 0.29) is 12.3 Å². The third kappa shape index (κ3) is 6.91. The molecular formula is C21H26N4O4. The Morgan fingerprint density at radius 3 is 2.66 bits per heavy atom. The molecule has 0 spiro atoms. The maximum atomic E-state index is 11.9. The highest BCUT2D eigenvalue weighted by atomic mass is 16.6. The molecule has 0 aliphatic carbocycles. The van der Waals surface area contributed by atoms with Gasteiger partial charge in [-0.05, 0) is 31.5 Å². The van der Waals surface area contributed by atoms with Gasteiger partial charge in [0.25, 0.3) is 11.6 Å². The smallest absolute Gasteiger partial charge is 0.277 e. The molecule has 0 bridgehead atoms. The van der Waals surface area contributed by atoms with Crippen molar-refractivity contribution in [1.82, 2.24) is 5.43 Å². The fourth-order valence-corrected chi connectivity index (χ4v) is 2.72. The van der Waals surface area contributed by atoms with Crippen LogP contribution in [-0.4, -0.2) is 36.7 Å². The predicted molar refractivity (Wildman–Crippen MR) is 114 cm³/mol. The van der Waals surface area contributed by atoms with Gasteiger partial charge in [-0.2, -0.15) is 5.10 Å². The summed E-state index contributed by atoms with van der Waals surface area (Å²) in [6.07, 6.45) is 3.48. The Hall–Kier alpha value is -3.42. The Morgan fingerprint density at radius 1 is 1.24 bits per heavy atom. The molecule has 0 heterocycles. The normalized spacial score (nSPS) is 10.7. The van der Waals surface area contributed by atoms with Crippen LogP contribution in [0.4, 0.5) is 11.4 Å². The van der Waals surface area contributed by atoms with Gasteiger partial charge in [-0.3, -0.25) is 14.9 Å². The number of non-ortho nitro benzene ring substituents is 1. The quantitative estimate of drug-likeness (QED) is 0.353. The minimum absolute atomic E-state index is 0.0273. The molecular weight excluding hydrogens is 372 g/mol. The van der Waals surface area contributed by atoms with Crippen molar-refractivity contribution >= 4 is 23.5 Å². The minimum atomic E-state index is -0.449. The Labute approximate surface area is 170 Å². The highest BCUT2D eigenvalue weighted by Gasteiger charge is 2.14. The number of unbranched alkanes of at least 4 members (excludes halogenated alkanes) is 1. The van der Waals surface area contributed by atoms with Crippen molar-refractivity contribution in [1.29, 1.82) is 0 Å². The van der Waals surface area contributed by atoms with E-state index >= 15 is 0 Å². The average Bonchev–Trinajstić information content (AvgIpc) is 2.74. The zero-order valence-electron chi connectivity index (χ0n) is 16.7. The van der Waals surface area contributed by atoms with Crippen LogP contribution >= 0.6 is 0 Å². The summed E-state index contributed by atoms with van der Waals surface area (Å²) in [7, 11) is 0. The van der Waals surface area contributed by atoms with Crippen molar-refractivity contribution in [3.05, 3.63) is 64.2 Å². The van der Waals surface area contributed by atoms with Crippen LogP contribution in [0.25, 0.3) is 0 Å². The topological polar surface area (TPSA) is 97.1 Å².